The molecule has 1 aromatic rings. The van der Waals surface area contributed by atoms with Gasteiger partial charge in [0.05, 0.1) is 13.2 Å². The first-order chi connectivity index (χ1) is 9.70. The van der Waals surface area contributed by atoms with E-state index in [1.54, 1.807) is 11.8 Å². The maximum atomic E-state index is 12.2. The summed E-state index contributed by atoms with van der Waals surface area (Å²) in [5, 5.41) is 3.07. The number of amides is 1. The molecule has 2 rings (SSSR count). The number of rotatable bonds is 7. The van der Waals surface area contributed by atoms with Gasteiger partial charge < -0.3 is 15.0 Å². The van der Waals surface area contributed by atoms with Gasteiger partial charge in [-0.05, 0) is 31.9 Å². The maximum absolute atomic E-state index is 12.2. The fourth-order valence-electron chi connectivity index (χ4n) is 1.99. The summed E-state index contributed by atoms with van der Waals surface area (Å²) >= 11 is 0. The van der Waals surface area contributed by atoms with Gasteiger partial charge in [-0.15, -0.1) is 12.4 Å². The summed E-state index contributed by atoms with van der Waals surface area (Å²) in [6.07, 6.45) is 1.94. The van der Waals surface area contributed by atoms with E-state index in [0.717, 1.165) is 18.5 Å². The Morgan fingerprint density at radius 1 is 1.29 bits per heavy atom. The quantitative estimate of drug-likeness (QED) is 0.783. The van der Waals surface area contributed by atoms with Crippen LogP contribution >= 0.6 is 12.4 Å². The topological polar surface area (TPSA) is 58.6 Å². The number of ether oxygens (including phenoxy) is 1. The zero-order valence-electron chi connectivity index (χ0n) is 12.1. The predicted molar refractivity (Wildman–Crippen MR) is 83.5 cm³/mol. The van der Waals surface area contributed by atoms with Crippen LogP contribution in [0.2, 0.25) is 0 Å². The molecule has 1 aliphatic carbocycles. The van der Waals surface area contributed by atoms with Gasteiger partial charge in [0.25, 0.3) is 0 Å². The summed E-state index contributed by atoms with van der Waals surface area (Å²) in [6, 6.07) is 9.74. The smallest absolute Gasteiger partial charge is 0.325 e. The molecule has 1 aliphatic rings. The number of nitrogens with zero attached hydrogens (tertiary/aromatic N) is 1. The Labute approximate surface area is 131 Å². The molecule has 1 amide bonds. The molecular formula is C15H21ClN2O3. The minimum Gasteiger partial charge on any atom is -0.465 e. The molecule has 0 spiro atoms. The van der Waals surface area contributed by atoms with Crippen LogP contribution in [0.1, 0.15) is 19.8 Å². The van der Waals surface area contributed by atoms with E-state index in [4.69, 9.17) is 4.74 Å². The van der Waals surface area contributed by atoms with Gasteiger partial charge in [0.15, 0.2) is 0 Å². The minimum absolute atomic E-state index is 0. The number of esters is 1. The molecule has 0 bridgehead atoms. The number of halogens is 1. The van der Waals surface area contributed by atoms with Gasteiger partial charge in [0.2, 0.25) is 5.91 Å². The number of para-hydroxylation sites is 1. The van der Waals surface area contributed by atoms with Crippen LogP contribution in [0.5, 0.6) is 0 Å². The number of benzene rings is 1. The zero-order valence-corrected chi connectivity index (χ0v) is 12.9. The summed E-state index contributed by atoms with van der Waals surface area (Å²) in [7, 11) is 0. The molecule has 6 heteroatoms. The SMILES string of the molecule is CCOC(=O)CN(C(=O)CNc1ccccc1)C1CC1.Cl. The van der Waals surface area contributed by atoms with Crippen molar-refractivity contribution in [1.29, 1.82) is 0 Å². The van der Waals surface area contributed by atoms with Gasteiger partial charge in [-0.3, -0.25) is 9.59 Å². The Bertz CT molecular complexity index is 463. The molecule has 0 aliphatic heterocycles. The first-order valence-electron chi connectivity index (χ1n) is 6.94. The van der Waals surface area contributed by atoms with Gasteiger partial charge in [0, 0.05) is 11.7 Å². The van der Waals surface area contributed by atoms with E-state index in [1.165, 1.54) is 0 Å². The molecule has 0 heterocycles. The van der Waals surface area contributed by atoms with Crippen molar-refractivity contribution in [1.82, 2.24) is 4.90 Å². The van der Waals surface area contributed by atoms with Crippen LogP contribution in [0.3, 0.4) is 0 Å². The second-order valence-electron chi connectivity index (χ2n) is 4.78. The second-order valence-corrected chi connectivity index (χ2v) is 4.78. The third-order valence-electron chi connectivity index (χ3n) is 3.13. The molecule has 0 unspecified atom stereocenters. The van der Waals surface area contributed by atoms with Crippen molar-refractivity contribution < 1.29 is 14.3 Å². The van der Waals surface area contributed by atoms with E-state index in [2.05, 4.69) is 5.32 Å². The van der Waals surface area contributed by atoms with Crippen LogP contribution in [0.15, 0.2) is 30.3 Å². The first-order valence-corrected chi connectivity index (χ1v) is 6.94. The molecule has 1 N–H and O–H groups in total. The largest absolute Gasteiger partial charge is 0.465 e. The highest BCUT2D eigenvalue weighted by Gasteiger charge is 2.33. The zero-order chi connectivity index (χ0) is 14.4. The van der Waals surface area contributed by atoms with Crippen molar-refractivity contribution in [2.45, 2.75) is 25.8 Å². The molecule has 21 heavy (non-hydrogen) atoms. The van der Waals surface area contributed by atoms with Crippen molar-refractivity contribution in [2.24, 2.45) is 0 Å². The van der Waals surface area contributed by atoms with Crippen molar-refractivity contribution in [2.75, 3.05) is 25.0 Å². The van der Waals surface area contributed by atoms with Crippen LogP contribution in [0.25, 0.3) is 0 Å². The molecule has 1 aromatic carbocycles. The minimum atomic E-state index is -0.340. The van der Waals surface area contributed by atoms with Gasteiger partial charge in [0.1, 0.15) is 6.54 Å². The number of hydrogen-bond acceptors (Lipinski definition) is 4. The molecule has 0 radical (unpaired) electrons. The second kappa shape index (κ2) is 8.52. The summed E-state index contributed by atoms with van der Waals surface area (Å²) in [5.41, 5.74) is 0.896. The van der Waals surface area contributed by atoms with E-state index in [1.807, 2.05) is 30.3 Å². The van der Waals surface area contributed by atoms with E-state index < -0.39 is 0 Å². The number of carbonyl (C=O) groups is 2. The lowest BCUT2D eigenvalue weighted by Gasteiger charge is -2.21. The Kier molecular flexibility index (Phi) is 7.02. The predicted octanol–water partition coefficient (Wildman–Crippen LogP) is 2.07. The lowest BCUT2D eigenvalue weighted by atomic mass is 10.3. The molecule has 0 aromatic heterocycles. The van der Waals surface area contributed by atoms with E-state index >= 15 is 0 Å². The molecular weight excluding hydrogens is 292 g/mol. The molecule has 0 saturated heterocycles. The van der Waals surface area contributed by atoms with Crippen molar-refractivity contribution >= 4 is 30.0 Å². The summed E-state index contributed by atoms with van der Waals surface area (Å²) in [4.78, 5) is 25.3. The normalized spacial score (nSPS) is 13.0. The van der Waals surface area contributed by atoms with Crippen molar-refractivity contribution in [3.8, 4) is 0 Å². The molecule has 0 atom stereocenters. The van der Waals surface area contributed by atoms with E-state index in [-0.39, 0.29) is 43.4 Å². The first kappa shape index (κ1) is 17.3. The summed E-state index contributed by atoms with van der Waals surface area (Å²) < 4.78 is 4.91. The van der Waals surface area contributed by atoms with Crippen LogP contribution in [0, 0.1) is 0 Å². The number of hydrogen-bond donors (Lipinski definition) is 1. The van der Waals surface area contributed by atoms with Crippen LogP contribution in [-0.4, -0.2) is 42.5 Å². The fourth-order valence-corrected chi connectivity index (χ4v) is 1.99. The van der Waals surface area contributed by atoms with Crippen LogP contribution in [-0.2, 0) is 14.3 Å². The number of nitrogens with one attached hydrogen (secondary N) is 1. The van der Waals surface area contributed by atoms with Gasteiger partial charge in [-0.1, -0.05) is 18.2 Å². The Morgan fingerprint density at radius 3 is 2.52 bits per heavy atom. The highest BCUT2D eigenvalue weighted by Crippen LogP contribution is 2.26. The van der Waals surface area contributed by atoms with E-state index in [0.29, 0.717) is 6.61 Å². The van der Waals surface area contributed by atoms with Crippen LogP contribution < -0.4 is 5.32 Å². The average molecular weight is 313 g/mol. The maximum Gasteiger partial charge on any atom is 0.325 e. The fraction of sp³-hybridized carbons (Fsp3) is 0.467. The van der Waals surface area contributed by atoms with Gasteiger partial charge in [-0.2, -0.15) is 0 Å². The third-order valence-corrected chi connectivity index (χ3v) is 3.13. The Morgan fingerprint density at radius 2 is 1.95 bits per heavy atom. The average Bonchev–Trinajstić information content (AvgIpc) is 3.28. The molecule has 116 valence electrons. The molecule has 1 fully saturated rings. The lowest BCUT2D eigenvalue weighted by Crippen LogP contribution is -2.41. The summed E-state index contributed by atoms with van der Waals surface area (Å²) in [5.74, 6) is -0.406. The van der Waals surface area contributed by atoms with Gasteiger partial charge in [-0.25, -0.2) is 0 Å². The monoisotopic (exact) mass is 312 g/mol. The van der Waals surface area contributed by atoms with E-state index in [9.17, 15) is 9.59 Å². The van der Waals surface area contributed by atoms with Gasteiger partial charge >= 0.3 is 5.97 Å². The third kappa shape index (κ3) is 5.63. The van der Waals surface area contributed by atoms with Crippen molar-refractivity contribution in [3.63, 3.8) is 0 Å². The standard InChI is InChI=1S/C15H20N2O3.ClH/c1-2-20-15(19)11-17(13-8-9-13)14(18)10-16-12-6-4-3-5-7-12;/h3-7,13,16H,2,8-11H2,1H3;1H. The number of carbonyl (C=O) groups excluding carboxylic acids is 2. The van der Waals surface area contributed by atoms with Crippen LogP contribution in [0.4, 0.5) is 5.69 Å². The lowest BCUT2D eigenvalue weighted by molar-refractivity contribution is -0.148. The Hall–Kier alpha value is -1.75. The molecule has 5 nitrogen and oxygen atoms in total. The van der Waals surface area contributed by atoms with Crippen molar-refractivity contribution in [3.05, 3.63) is 30.3 Å². The Balaban J connectivity index is 0.00000220. The summed E-state index contributed by atoms with van der Waals surface area (Å²) in [6.45, 7) is 2.35. The number of anilines is 1. The highest BCUT2D eigenvalue weighted by molar-refractivity contribution is 5.86. The molecule has 1 saturated carbocycles. The highest BCUT2D eigenvalue weighted by atomic mass is 35.5.